The Morgan fingerprint density at radius 1 is 1.24 bits per heavy atom. The molecule has 0 amide bonds. The van der Waals surface area contributed by atoms with Crippen LogP contribution in [0.1, 0.15) is 37.4 Å². The number of nitrogens with zero attached hydrogens (tertiary/aromatic N) is 2. The minimum Gasteiger partial charge on any atom is -0.392 e. The summed E-state index contributed by atoms with van der Waals surface area (Å²) in [6.45, 7) is 0. The number of thioether (sulfide) groups is 1. The second-order valence-corrected chi connectivity index (χ2v) is 6.57. The number of hydrogen-bond donors (Lipinski definition) is 1. The van der Waals surface area contributed by atoms with Crippen LogP contribution in [0.4, 0.5) is 0 Å². The fourth-order valence-corrected chi connectivity index (χ4v) is 3.55. The zero-order valence-corrected chi connectivity index (χ0v) is 12.8. The Labute approximate surface area is 129 Å². The SMILES string of the molecule is OC(Cc1nc(CSc2ccccc2)no1)C1CCCC1. The lowest BCUT2D eigenvalue weighted by Crippen LogP contribution is -2.20. The highest BCUT2D eigenvalue weighted by molar-refractivity contribution is 7.98. The number of benzene rings is 1. The van der Waals surface area contributed by atoms with Crippen LogP contribution in [0.15, 0.2) is 39.8 Å². The first kappa shape index (κ1) is 14.6. The highest BCUT2D eigenvalue weighted by atomic mass is 32.2. The minimum absolute atomic E-state index is 0.345. The molecule has 1 aliphatic rings. The molecule has 0 saturated heterocycles. The van der Waals surface area contributed by atoms with Gasteiger partial charge in [0, 0.05) is 4.90 Å². The molecule has 1 saturated carbocycles. The second-order valence-electron chi connectivity index (χ2n) is 5.52. The average Bonchev–Trinajstić information content (AvgIpc) is 3.18. The molecule has 0 spiro atoms. The van der Waals surface area contributed by atoms with Gasteiger partial charge in [0.2, 0.25) is 5.89 Å². The van der Waals surface area contributed by atoms with E-state index in [-0.39, 0.29) is 6.10 Å². The summed E-state index contributed by atoms with van der Waals surface area (Å²) in [6, 6.07) is 10.2. The molecule has 1 aliphatic carbocycles. The maximum Gasteiger partial charge on any atom is 0.229 e. The summed E-state index contributed by atoms with van der Waals surface area (Å²) < 4.78 is 5.25. The standard InChI is InChI=1S/C16H20N2O2S/c19-14(12-6-4-5-7-12)10-16-17-15(18-20-16)11-21-13-8-2-1-3-9-13/h1-3,8-9,12,14,19H,4-7,10-11H2. The van der Waals surface area contributed by atoms with E-state index in [9.17, 15) is 5.11 Å². The molecule has 0 radical (unpaired) electrons. The zero-order valence-electron chi connectivity index (χ0n) is 11.9. The van der Waals surface area contributed by atoms with Gasteiger partial charge in [-0.3, -0.25) is 0 Å². The third-order valence-electron chi connectivity index (χ3n) is 3.95. The van der Waals surface area contributed by atoms with Gasteiger partial charge in [-0.2, -0.15) is 4.98 Å². The number of aliphatic hydroxyl groups is 1. The van der Waals surface area contributed by atoms with E-state index in [0.29, 0.717) is 29.8 Å². The minimum atomic E-state index is -0.345. The lowest BCUT2D eigenvalue weighted by molar-refractivity contribution is 0.102. The fraction of sp³-hybridized carbons (Fsp3) is 0.500. The van der Waals surface area contributed by atoms with Crippen LogP contribution in [0.25, 0.3) is 0 Å². The highest BCUT2D eigenvalue weighted by Crippen LogP contribution is 2.29. The third kappa shape index (κ3) is 4.08. The van der Waals surface area contributed by atoms with E-state index in [0.717, 1.165) is 12.8 Å². The Morgan fingerprint density at radius 2 is 2.00 bits per heavy atom. The largest absolute Gasteiger partial charge is 0.392 e. The molecule has 1 aromatic carbocycles. The first-order valence-corrected chi connectivity index (χ1v) is 8.47. The Bertz CT molecular complexity index is 552. The van der Waals surface area contributed by atoms with Crippen molar-refractivity contribution in [3.63, 3.8) is 0 Å². The van der Waals surface area contributed by atoms with Crippen molar-refractivity contribution >= 4 is 11.8 Å². The fourth-order valence-electron chi connectivity index (χ4n) is 2.78. The molecular formula is C16H20N2O2S. The predicted octanol–water partition coefficient (Wildman–Crippen LogP) is 3.46. The van der Waals surface area contributed by atoms with Crippen LogP contribution in [0, 0.1) is 5.92 Å². The first-order chi connectivity index (χ1) is 10.3. The molecular weight excluding hydrogens is 284 g/mol. The van der Waals surface area contributed by atoms with Crippen molar-refractivity contribution < 1.29 is 9.63 Å². The van der Waals surface area contributed by atoms with E-state index in [4.69, 9.17) is 4.52 Å². The van der Waals surface area contributed by atoms with Gasteiger partial charge in [0.1, 0.15) is 0 Å². The number of hydrogen-bond acceptors (Lipinski definition) is 5. The van der Waals surface area contributed by atoms with Crippen molar-refractivity contribution in [1.29, 1.82) is 0 Å². The van der Waals surface area contributed by atoms with E-state index in [1.165, 1.54) is 17.7 Å². The summed E-state index contributed by atoms with van der Waals surface area (Å²) in [5.41, 5.74) is 0. The Balaban J connectivity index is 1.51. The lowest BCUT2D eigenvalue weighted by atomic mass is 9.98. The van der Waals surface area contributed by atoms with Crippen LogP contribution in [0.5, 0.6) is 0 Å². The quantitative estimate of drug-likeness (QED) is 0.828. The monoisotopic (exact) mass is 304 g/mol. The number of rotatable bonds is 6. The van der Waals surface area contributed by atoms with Gasteiger partial charge in [0.05, 0.1) is 18.3 Å². The molecule has 5 heteroatoms. The van der Waals surface area contributed by atoms with E-state index in [2.05, 4.69) is 22.3 Å². The zero-order chi connectivity index (χ0) is 14.5. The molecule has 1 fully saturated rings. The van der Waals surface area contributed by atoms with Crippen LogP contribution >= 0.6 is 11.8 Å². The maximum atomic E-state index is 10.2. The van der Waals surface area contributed by atoms with Gasteiger partial charge in [-0.1, -0.05) is 36.2 Å². The Kier molecular flexibility index (Phi) is 4.93. The van der Waals surface area contributed by atoms with Gasteiger partial charge in [-0.15, -0.1) is 11.8 Å². The molecule has 0 aliphatic heterocycles. The van der Waals surface area contributed by atoms with E-state index >= 15 is 0 Å². The summed E-state index contributed by atoms with van der Waals surface area (Å²) in [7, 11) is 0. The van der Waals surface area contributed by atoms with Crippen LogP contribution in [0.3, 0.4) is 0 Å². The predicted molar refractivity (Wildman–Crippen MR) is 82.0 cm³/mol. The van der Waals surface area contributed by atoms with Crippen molar-refractivity contribution in [3.8, 4) is 0 Å². The van der Waals surface area contributed by atoms with Crippen LogP contribution in [-0.4, -0.2) is 21.4 Å². The average molecular weight is 304 g/mol. The first-order valence-electron chi connectivity index (χ1n) is 7.48. The van der Waals surface area contributed by atoms with Gasteiger partial charge in [0.15, 0.2) is 5.82 Å². The van der Waals surface area contributed by atoms with Crippen LogP contribution < -0.4 is 0 Å². The number of aliphatic hydroxyl groups excluding tert-OH is 1. The van der Waals surface area contributed by atoms with Crippen molar-refractivity contribution in [2.75, 3.05) is 0 Å². The van der Waals surface area contributed by atoms with Gasteiger partial charge in [-0.05, 0) is 30.9 Å². The van der Waals surface area contributed by atoms with E-state index < -0.39 is 0 Å². The van der Waals surface area contributed by atoms with E-state index in [1.54, 1.807) is 11.8 Å². The smallest absolute Gasteiger partial charge is 0.229 e. The highest BCUT2D eigenvalue weighted by Gasteiger charge is 2.25. The second kappa shape index (κ2) is 7.09. The van der Waals surface area contributed by atoms with Crippen molar-refractivity contribution in [1.82, 2.24) is 10.1 Å². The summed E-state index contributed by atoms with van der Waals surface area (Å²) in [4.78, 5) is 5.57. The molecule has 1 N–H and O–H groups in total. The Morgan fingerprint density at radius 3 is 2.76 bits per heavy atom. The molecule has 2 aromatic rings. The van der Waals surface area contributed by atoms with Gasteiger partial charge < -0.3 is 9.63 Å². The number of aromatic nitrogens is 2. The van der Waals surface area contributed by atoms with Crippen molar-refractivity contribution in [2.45, 2.75) is 48.9 Å². The molecule has 21 heavy (non-hydrogen) atoms. The van der Waals surface area contributed by atoms with Crippen molar-refractivity contribution in [2.24, 2.45) is 5.92 Å². The van der Waals surface area contributed by atoms with Crippen LogP contribution in [0.2, 0.25) is 0 Å². The summed E-state index contributed by atoms with van der Waals surface area (Å²) in [5.74, 6) is 2.34. The molecule has 1 unspecified atom stereocenters. The molecule has 1 atom stereocenters. The van der Waals surface area contributed by atoms with Gasteiger partial charge in [-0.25, -0.2) is 0 Å². The molecule has 3 rings (SSSR count). The van der Waals surface area contributed by atoms with Gasteiger partial charge >= 0.3 is 0 Å². The molecule has 1 heterocycles. The summed E-state index contributed by atoms with van der Waals surface area (Å²) in [6.07, 6.45) is 4.82. The topological polar surface area (TPSA) is 59.2 Å². The van der Waals surface area contributed by atoms with Crippen LogP contribution in [-0.2, 0) is 12.2 Å². The molecule has 0 bridgehead atoms. The Hall–Kier alpha value is -1.33. The van der Waals surface area contributed by atoms with Gasteiger partial charge in [0.25, 0.3) is 0 Å². The van der Waals surface area contributed by atoms with E-state index in [1.807, 2.05) is 18.2 Å². The lowest BCUT2D eigenvalue weighted by Gasteiger charge is -2.14. The molecule has 4 nitrogen and oxygen atoms in total. The van der Waals surface area contributed by atoms with Crippen molar-refractivity contribution in [3.05, 3.63) is 42.0 Å². The summed E-state index contributed by atoms with van der Waals surface area (Å²) in [5, 5.41) is 14.2. The maximum absolute atomic E-state index is 10.2. The normalized spacial score (nSPS) is 17.2. The third-order valence-corrected chi connectivity index (χ3v) is 4.96. The molecule has 1 aromatic heterocycles. The molecule has 112 valence electrons. The summed E-state index contributed by atoms with van der Waals surface area (Å²) >= 11 is 1.68.